The second-order valence-corrected chi connectivity index (χ2v) is 10.1. The van der Waals surface area contributed by atoms with Gasteiger partial charge in [-0.15, -0.1) is 0 Å². The number of aromatic nitrogens is 2. The third-order valence-corrected chi connectivity index (χ3v) is 7.43. The van der Waals surface area contributed by atoms with Crippen molar-refractivity contribution in [2.45, 2.75) is 38.8 Å². The number of halogens is 2. The number of piperidine rings is 1. The summed E-state index contributed by atoms with van der Waals surface area (Å²) in [6.45, 7) is 1.65. The van der Waals surface area contributed by atoms with Crippen LogP contribution in [0.3, 0.4) is 0 Å². The molecule has 0 spiro atoms. The number of likely N-dealkylation sites (tertiary alicyclic amines) is 1. The summed E-state index contributed by atoms with van der Waals surface area (Å²) in [6, 6.07) is 15.3. The van der Waals surface area contributed by atoms with E-state index in [1.54, 1.807) is 12.1 Å². The molecular weight excluding hydrogens is 521 g/mol. The maximum Gasteiger partial charge on any atom is 0.335 e. The van der Waals surface area contributed by atoms with E-state index >= 15 is 0 Å². The summed E-state index contributed by atoms with van der Waals surface area (Å²) in [5, 5.41) is 9.90. The van der Waals surface area contributed by atoms with Crippen LogP contribution in [0.2, 0.25) is 5.02 Å². The molecule has 2 heterocycles. The molecule has 0 aliphatic carbocycles. The Morgan fingerprint density at radius 1 is 1.18 bits per heavy atom. The molecule has 39 heavy (non-hydrogen) atoms. The summed E-state index contributed by atoms with van der Waals surface area (Å²) >= 11 is 5.84. The Labute approximate surface area is 234 Å². The Morgan fingerprint density at radius 3 is 2.69 bits per heavy atom. The van der Waals surface area contributed by atoms with Crippen molar-refractivity contribution in [3.63, 3.8) is 0 Å². The summed E-state index contributed by atoms with van der Waals surface area (Å²) in [4.78, 5) is 18.7. The van der Waals surface area contributed by atoms with Crippen molar-refractivity contribution < 1.29 is 26.5 Å². The summed E-state index contributed by atoms with van der Waals surface area (Å²) in [7, 11) is 1.83. The van der Waals surface area contributed by atoms with Gasteiger partial charge in [0.25, 0.3) is 0 Å². The SMILES string of the molecule is [2H]C([2H])(C)Oc1cc(C(=O)O)cc2c1nc(CN1CCC(c3cccc(OCc4ccc(Cl)cc4F)c3)CC1)n2C. The molecule has 1 aromatic heterocycles. The Hall–Kier alpha value is -3.62. The summed E-state index contributed by atoms with van der Waals surface area (Å²) in [5.74, 6) is 0.381. The normalized spacial score (nSPS) is 15.7. The van der Waals surface area contributed by atoms with Crippen LogP contribution in [0, 0.1) is 5.82 Å². The number of nitrogens with zero attached hydrogens (tertiary/aromatic N) is 3. The predicted octanol–water partition coefficient (Wildman–Crippen LogP) is 6.42. The molecule has 5 rings (SSSR count). The average Bonchev–Trinajstić information content (AvgIpc) is 3.23. The number of carbonyl (C=O) groups is 1. The first-order chi connectivity index (χ1) is 19.5. The predicted molar refractivity (Wildman–Crippen MR) is 148 cm³/mol. The van der Waals surface area contributed by atoms with Gasteiger partial charge in [0.1, 0.15) is 35.3 Å². The van der Waals surface area contributed by atoms with Crippen LogP contribution in [-0.2, 0) is 20.2 Å². The highest BCUT2D eigenvalue weighted by atomic mass is 35.5. The number of aromatic carboxylic acids is 1. The summed E-state index contributed by atoms with van der Waals surface area (Å²) in [5.41, 5.74) is 2.64. The van der Waals surface area contributed by atoms with E-state index in [9.17, 15) is 14.3 Å². The van der Waals surface area contributed by atoms with Gasteiger partial charge in [0, 0.05) is 17.6 Å². The van der Waals surface area contributed by atoms with Gasteiger partial charge in [0.05, 0.1) is 26.9 Å². The van der Waals surface area contributed by atoms with Gasteiger partial charge < -0.3 is 19.1 Å². The first-order valence-corrected chi connectivity index (χ1v) is 13.2. The lowest BCUT2D eigenvalue weighted by Crippen LogP contribution is -2.33. The average molecular weight is 554 g/mol. The highest BCUT2D eigenvalue weighted by molar-refractivity contribution is 6.30. The summed E-state index contributed by atoms with van der Waals surface area (Å²) in [6.07, 6.45) is 1.87. The number of imidazole rings is 1. The van der Waals surface area contributed by atoms with Crippen LogP contribution in [0.15, 0.2) is 54.6 Å². The Morgan fingerprint density at radius 2 is 1.97 bits per heavy atom. The van der Waals surface area contributed by atoms with Crippen LogP contribution in [-0.4, -0.2) is 45.2 Å². The zero-order valence-electron chi connectivity index (χ0n) is 23.8. The minimum atomic E-state index is -1.99. The second-order valence-electron chi connectivity index (χ2n) is 9.69. The molecule has 204 valence electrons. The highest BCUT2D eigenvalue weighted by Crippen LogP contribution is 2.32. The fraction of sp³-hybridized carbons (Fsp3) is 0.333. The van der Waals surface area contributed by atoms with E-state index in [1.165, 1.54) is 30.7 Å². The van der Waals surface area contributed by atoms with E-state index in [0.717, 1.165) is 31.8 Å². The van der Waals surface area contributed by atoms with Crippen molar-refractivity contribution >= 4 is 28.6 Å². The van der Waals surface area contributed by atoms with Gasteiger partial charge in [-0.3, -0.25) is 4.90 Å². The van der Waals surface area contributed by atoms with Gasteiger partial charge in [-0.1, -0.05) is 29.8 Å². The number of hydrogen-bond acceptors (Lipinski definition) is 5. The molecular formula is C30H31ClFN3O4. The minimum Gasteiger partial charge on any atom is -0.492 e. The number of rotatable bonds is 9. The van der Waals surface area contributed by atoms with Crippen molar-refractivity contribution in [1.82, 2.24) is 14.5 Å². The zero-order chi connectivity index (χ0) is 29.3. The van der Waals surface area contributed by atoms with E-state index in [4.69, 9.17) is 28.8 Å². The lowest BCUT2D eigenvalue weighted by Gasteiger charge is -2.32. The fourth-order valence-corrected chi connectivity index (χ4v) is 5.20. The maximum atomic E-state index is 14.1. The van der Waals surface area contributed by atoms with Crippen molar-refractivity contribution in [2.24, 2.45) is 7.05 Å². The van der Waals surface area contributed by atoms with E-state index < -0.39 is 12.5 Å². The quantitative estimate of drug-likeness (QED) is 0.258. The second kappa shape index (κ2) is 11.6. The largest absolute Gasteiger partial charge is 0.492 e. The monoisotopic (exact) mass is 553 g/mol. The Bertz CT molecular complexity index is 1580. The fourth-order valence-electron chi connectivity index (χ4n) is 5.04. The van der Waals surface area contributed by atoms with Crippen LogP contribution in [0.1, 0.15) is 55.7 Å². The highest BCUT2D eigenvalue weighted by Gasteiger charge is 2.23. The molecule has 1 fully saturated rings. The lowest BCUT2D eigenvalue weighted by molar-refractivity contribution is 0.0696. The van der Waals surface area contributed by atoms with Crippen LogP contribution in [0.5, 0.6) is 11.5 Å². The van der Waals surface area contributed by atoms with E-state index in [-0.39, 0.29) is 23.7 Å². The maximum absolute atomic E-state index is 14.1. The number of carboxylic acids is 1. The molecule has 4 aromatic rings. The minimum absolute atomic E-state index is 0.0108. The number of carboxylic acid groups (broad SMARTS) is 1. The topological polar surface area (TPSA) is 76.8 Å². The van der Waals surface area contributed by atoms with Crippen LogP contribution in [0.25, 0.3) is 11.0 Å². The van der Waals surface area contributed by atoms with E-state index in [2.05, 4.69) is 11.0 Å². The zero-order valence-corrected chi connectivity index (χ0v) is 22.5. The number of ether oxygens (including phenoxy) is 2. The molecule has 0 amide bonds. The van der Waals surface area contributed by atoms with Crippen molar-refractivity contribution in [3.05, 3.63) is 88.0 Å². The number of hydrogen-bond donors (Lipinski definition) is 1. The molecule has 1 aliphatic heterocycles. The molecule has 0 atom stereocenters. The lowest BCUT2D eigenvalue weighted by atomic mass is 9.89. The van der Waals surface area contributed by atoms with Gasteiger partial charge in [-0.25, -0.2) is 14.2 Å². The number of benzene rings is 3. The van der Waals surface area contributed by atoms with Crippen LogP contribution < -0.4 is 9.47 Å². The van der Waals surface area contributed by atoms with Gasteiger partial charge in [-0.2, -0.15) is 0 Å². The summed E-state index contributed by atoms with van der Waals surface area (Å²) < 4.78 is 42.9. The molecule has 0 unspecified atom stereocenters. The third-order valence-electron chi connectivity index (χ3n) is 7.19. The molecule has 0 radical (unpaired) electrons. The molecule has 1 saturated heterocycles. The van der Waals surface area contributed by atoms with Crippen molar-refractivity contribution in [1.29, 1.82) is 0 Å². The van der Waals surface area contributed by atoms with E-state index in [0.29, 0.717) is 39.8 Å². The molecule has 0 saturated carbocycles. The first kappa shape index (κ1) is 24.4. The van der Waals surface area contributed by atoms with Crippen LogP contribution >= 0.6 is 11.6 Å². The number of fused-ring (bicyclic) bond motifs is 1. The van der Waals surface area contributed by atoms with Gasteiger partial charge in [0.15, 0.2) is 0 Å². The molecule has 7 nitrogen and oxygen atoms in total. The molecule has 9 heteroatoms. The molecule has 1 aliphatic rings. The standard InChI is InChI=1S/C30H31ClFN3O4/c1-3-38-27-15-22(30(36)37)14-26-29(27)33-28(34(26)2)17-35-11-9-19(10-12-35)20-5-4-6-24(13-20)39-18-21-7-8-23(31)16-25(21)32/h4-8,13-16,19H,3,9-12,17-18H2,1-2H3,(H,36,37)/i3D2. The first-order valence-electron chi connectivity index (χ1n) is 13.8. The van der Waals surface area contributed by atoms with Gasteiger partial charge in [0.2, 0.25) is 0 Å². The van der Waals surface area contributed by atoms with Crippen LogP contribution in [0.4, 0.5) is 4.39 Å². The van der Waals surface area contributed by atoms with E-state index in [1.807, 2.05) is 29.8 Å². The third kappa shape index (κ3) is 6.02. The Balaban J connectivity index is 1.25. The van der Waals surface area contributed by atoms with Crippen molar-refractivity contribution in [3.8, 4) is 11.5 Å². The van der Waals surface area contributed by atoms with Gasteiger partial charge >= 0.3 is 5.97 Å². The molecule has 3 aromatic carbocycles. The van der Waals surface area contributed by atoms with Crippen molar-refractivity contribution in [2.75, 3.05) is 19.6 Å². The van der Waals surface area contributed by atoms with Gasteiger partial charge in [-0.05, 0) is 80.7 Å². The smallest absolute Gasteiger partial charge is 0.335 e. The molecule has 0 bridgehead atoms. The Kier molecular flexibility index (Phi) is 7.29. The number of aryl methyl sites for hydroxylation is 1. The molecule has 1 N–H and O–H groups in total.